The highest BCUT2D eigenvalue weighted by atomic mass is 32.2. The molecule has 4 nitrogen and oxygen atoms in total. The molecular formula is C13H11NO3S. The second-order valence-corrected chi connectivity index (χ2v) is 5.23. The van der Waals surface area contributed by atoms with E-state index in [1.807, 2.05) is 25.1 Å². The average Bonchev–Trinajstić information content (AvgIpc) is 2.38. The van der Waals surface area contributed by atoms with Gasteiger partial charge in [-0.25, -0.2) is 4.21 Å². The third kappa shape index (κ3) is 2.46. The van der Waals surface area contributed by atoms with E-state index in [2.05, 4.69) is 0 Å². The molecule has 0 saturated heterocycles. The second kappa shape index (κ2) is 5.10. The largest absolute Gasteiger partial charge is 0.269 e. The topological polar surface area (TPSA) is 60.2 Å². The van der Waals surface area contributed by atoms with Gasteiger partial charge in [0, 0.05) is 21.9 Å². The van der Waals surface area contributed by atoms with Crippen LogP contribution >= 0.6 is 0 Å². The minimum atomic E-state index is -1.30. The van der Waals surface area contributed by atoms with Crippen molar-refractivity contribution in [3.8, 4) is 0 Å². The number of aryl methyl sites for hydroxylation is 1. The van der Waals surface area contributed by atoms with Crippen molar-refractivity contribution >= 4 is 16.5 Å². The monoisotopic (exact) mass is 261 g/mol. The van der Waals surface area contributed by atoms with Gasteiger partial charge in [-0.05, 0) is 30.7 Å². The van der Waals surface area contributed by atoms with Gasteiger partial charge in [0.15, 0.2) is 0 Å². The molecule has 0 aromatic heterocycles. The normalized spacial score (nSPS) is 12.1. The molecule has 0 heterocycles. The fourth-order valence-corrected chi connectivity index (χ4v) is 2.78. The lowest BCUT2D eigenvalue weighted by Gasteiger charge is -2.05. The minimum Gasteiger partial charge on any atom is -0.258 e. The second-order valence-electron chi connectivity index (χ2n) is 3.79. The number of hydrogen-bond donors (Lipinski definition) is 0. The summed E-state index contributed by atoms with van der Waals surface area (Å²) >= 11 is 0. The maximum Gasteiger partial charge on any atom is 0.269 e. The van der Waals surface area contributed by atoms with Crippen LogP contribution in [0.2, 0.25) is 0 Å². The Morgan fingerprint density at radius 1 is 1.06 bits per heavy atom. The van der Waals surface area contributed by atoms with Crippen molar-refractivity contribution in [1.82, 2.24) is 0 Å². The molecule has 0 radical (unpaired) electrons. The summed E-state index contributed by atoms with van der Waals surface area (Å²) in [5.41, 5.74) is 0.940. The molecule has 0 fully saturated rings. The van der Waals surface area contributed by atoms with Crippen LogP contribution in [0.3, 0.4) is 0 Å². The van der Waals surface area contributed by atoms with E-state index in [1.165, 1.54) is 24.3 Å². The zero-order chi connectivity index (χ0) is 13.1. The molecule has 0 aliphatic heterocycles. The smallest absolute Gasteiger partial charge is 0.258 e. The van der Waals surface area contributed by atoms with Crippen molar-refractivity contribution < 1.29 is 9.13 Å². The molecule has 18 heavy (non-hydrogen) atoms. The van der Waals surface area contributed by atoms with Gasteiger partial charge in [0.05, 0.1) is 15.7 Å². The lowest BCUT2D eigenvalue weighted by Crippen LogP contribution is -1.96. The van der Waals surface area contributed by atoms with Gasteiger partial charge in [0.25, 0.3) is 5.69 Å². The van der Waals surface area contributed by atoms with Crippen LogP contribution < -0.4 is 0 Å². The van der Waals surface area contributed by atoms with Crippen LogP contribution in [0.15, 0.2) is 58.3 Å². The summed E-state index contributed by atoms with van der Waals surface area (Å²) in [6.07, 6.45) is 0. The minimum absolute atomic E-state index is 0.000494. The fourth-order valence-electron chi connectivity index (χ4n) is 1.58. The van der Waals surface area contributed by atoms with E-state index in [0.717, 1.165) is 10.5 Å². The van der Waals surface area contributed by atoms with Gasteiger partial charge < -0.3 is 0 Å². The van der Waals surface area contributed by atoms with Crippen molar-refractivity contribution in [3.63, 3.8) is 0 Å². The Labute approximate surface area is 107 Å². The lowest BCUT2D eigenvalue weighted by atomic mass is 10.2. The predicted molar refractivity (Wildman–Crippen MR) is 68.9 cm³/mol. The van der Waals surface area contributed by atoms with Crippen LogP contribution in [0.25, 0.3) is 0 Å². The van der Waals surface area contributed by atoms with Crippen molar-refractivity contribution in [1.29, 1.82) is 0 Å². The summed E-state index contributed by atoms with van der Waals surface area (Å²) in [6, 6.07) is 13.2. The molecule has 2 rings (SSSR count). The van der Waals surface area contributed by atoms with Gasteiger partial charge in [0.2, 0.25) is 0 Å². The van der Waals surface area contributed by atoms with Gasteiger partial charge in [0.1, 0.15) is 0 Å². The molecule has 92 valence electrons. The first-order valence-electron chi connectivity index (χ1n) is 5.31. The van der Waals surface area contributed by atoms with Gasteiger partial charge in [-0.15, -0.1) is 0 Å². The number of hydrogen-bond acceptors (Lipinski definition) is 3. The third-order valence-corrected chi connectivity index (χ3v) is 4.11. The van der Waals surface area contributed by atoms with Gasteiger partial charge in [-0.3, -0.25) is 10.1 Å². The van der Waals surface area contributed by atoms with Crippen LogP contribution in [0, 0.1) is 17.0 Å². The van der Waals surface area contributed by atoms with E-state index in [-0.39, 0.29) is 5.69 Å². The number of nitrogens with zero attached hydrogens (tertiary/aromatic N) is 1. The van der Waals surface area contributed by atoms with Crippen LogP contribution in [-0.4, -0.2) is 9.13 Å². The molecule has 0 aliphatic rings. The molecule has 0 spiro atoms. The molecular weight excluding hydrogens is 250 g/mol. The molecule has 1 unspecified atom stereocenters. The molecule has 2 aromatic rings. The molecule has 0 amide bonds. The zero-order valence-corrected chi connectivity index (χ0v) is 10.5. The molecule has 0 saturated carbocycles. The van der Waals surface area contributed by atoms with Crippen molar-refractivity contribution in [3.05, 3.63) is 64.2 Å². The Kier molecular flexibility index (Phi) is 3.53. The third-order valence-electron chi connectivity index (χ3n) is 2.55. The van der Waals surface area contributed by atoms with Crippen molar-refractivity contribution in [2.24, 2.45) is 0 Å². The summed E-state index contributed by atoms with van der Waals surface area (Å²) < 4.78 is 12.3. The van der Waals surface area contributed by atoms with Crippen LogP contribution in [0.4, 0.5) is 5.69 Å². The molecule has 0 N–H and O–H groups in total. The highest BCUT2D eigenvalue weighted by Gasteiger charge is 2.11. The summed E-state index contributed by atoms with van der Waals surface area (Å²) in [6.45, 7) is 1.89. The standard InChI is InChI=1S/C13H11NO3S/c1-10-4-2-3-5-13(10)18(17)12-8-6-11(7-9-12)14(15)16/h2-9H,1H3. The first kappa shape index (κ1) is 12.4. The van der Waals surface area contributed by atoms with E-state index >= 15 is 0 Å². The number of rotatable bonds is 3. The average molecular weight is 261 g/mol. The quantitative estimate of drug-likeness (QED) is 0.630. The zero-order valence-electron chi connectivity index (χ0n) is 9.70. The van der Waals surface area contributed by atoms with Gasteiger partial charge in [-0.1, -0.05) is 18.2 Å². The van der Waals surface area contributed by atoms with Gasteiger partial charge >= 0.3 is 0 Å². The molecule has 5 heteroatoms. The highest BCUT2D eigenvalue weighted by molar-refractivity contribution is 7.85. The van der Waals surface area contributed by atoms with E-state index in [4.69, 9.17) is 0 Å². The van der Waals surface area contributed by atoms with E-state index in [1.54, 1.807) is 6.07 Å². The SMILES string of the molecule is Cc1ccccc1S(=O)c1ccc([N+](=O)[O-])cc1. The summed E-state index contributed by atoms with van der Waals surface area (Å²) in [5.74, 6) is 0. The predicted octanol–water partition coefficient (Wildman–Crippen LogP) is 3.07. The Morgan fingerprint density at radius 2 is 1.67 bits per heavy atom. The number of nitro benzene ring substituents is 1. The van der Waals surface area contributed by atoms with Crippen LogP contribution in [0.5, 0.6) is 0 Å². The van der Waals surface area contributed by atoms with Crippen molar-refractivity contribution in [2.45, 2.75) is 16.7 Å². The number of benzene rings is 2. The lowest BCUT2D eigenvalue weighted by molar-refractivity contribution is -0.384. The Hall–Kier alpha value is -2.01. The van der Waals surface area contributed by atoms with Crippen LogP contribution in [0.1, 0.15) is 5.56 Å². The molecule has 0 bridgehead atoms. The fraction of sp³-hybridized carbons (Fsp3) is 0.0769. The number of nitro groups is 1. The maximum absolute atomic E-state index is 12.3. The Balaban J connectivity index is 2.35. The van der Waals surface area contributed by atoms with E-state index in [9.17, 15) is 14.3 Å². The summed E-state index contributed by atoms with van der Waals surface area (Å²) in [7, 11) is -1.30. The summed E-state index contributed by atoms with van der Waals surface area (Å²) in [4.78, 5) is 11.4. The van der Waals surface area contributed by atoms with E-state index in [0.29, 0.717) is 4.90 Å². The molecule has 1 atom stereocenters. The Bertz CT molecular complexity index is 608. The Morgan fingerprint density at radius 3 is 2.22 bits per heavy atom. The highest BCUT2D eigenvalue weighted by Crippen LogP contribution is 2.21. The number of non-ortho nitro benzene ring substituents is 1. The molecule has 0 aliphatic carbocycles. The van der Waals surface area contributed by atoms with Gasteiger partial charge in [-0.2, -0.15) is 0 Å². The first-order chi connectivity index (χ1) is 8.59. The summed E-state index contributed by atoms with van der Waals surface area (Å²) in [5, 5.41) is 10.5. The van der Waals surface area contributed by atoms with Crippen molar-refractivity contribution in [2.75, 3.05) is 0 Å². The first-order valence-corrected chi connectivity index (χ1v) is 6.46. The maximum atomic E-state index is 12.3. The van der Waals surface area contributed by atoms with Crippen LogP contribution in [-0.2, 0) is 10.8 Å². The molecule has 2 aromatic carbocycles. The van der Waals surface area contributed by atoms with E-state index < -0.39 is 15.7 Å².